The topological polar surface area (TPSA) is 82.1 Å². The highest BCUT2D eigenvalue weighted by Gasteiger charge is 2.36. The number of hydrogen-bond acceptors (Lipinski definition) is 4. The first-order valence-corrected chi connectivity index (χ1v) is 7.67. The summed E-state index contributed by atoms with van der Waals surface area (Å²) in [5.41, 5.74) is 2.42. The number of aromatic amines is 1. The van der Waals surface area contributed by atoms with Gasteiger partial charge in [-0.3, -0.25) is 4.79 Å². The fourth-order valence-corrected chi connectivity index (χ4v) is 3.21. The third-order valence-corrected chi connectivity index (χ3v) is 4.34. The first kappa shape index (κ1) is 14.8. The Balaban J connectivity index is 1.68. The lowest BCUT2D eigenvalue weighted by atomic mass is 10.0. The number of β-amino-alcohol motifs (C(OH)–C–C–N with tert-alkyl or cyclic N) is 1. The summed E-state index contributed by atoms with van der Waals surface area (Å²) in [6.07, 6.45) is -0.237. The van der Waals surface area contributed by atoms with Gasteiger partial charge in [0.05, 0.1) is 12.1 Å². The molecule has 6 nitrogen and oxygen atoms in total. The van der Waals surface area contributed by atoms with E-state index in [-0.39, 0.29) is 24.3 Å². The van der Waals surface area contributed by atoms with Crippen LogP contribution in [-0.2, 0) is 0 Å². The van der Waals surface area contributed by atoms with Crippen molar-refractivity contribution in [2.24, 2.45) is 0 Å². The van der Waals surface area contributed by atoms with Crippen LogP contribution in [0.1, 0.15) is 28.4 Å². The summed E-state index contributed by atoms with van der Waals surface area (Å²) in [6, 6.07) is 10.9. The Hall–Kier alpha value is -2.80. The lowest BCUT2D eigenvalue weighted by Gasteiger charge is -2.25. The second-order valence-electron chi connectivity index (χ2n) is 5.94. The SMILES string of the molecule is O=C(c1ccc2n[nH]nc2c1)N1C[C@@H](O)C[C@H]1c1cccc(F)c1. The Morgan fingerprint density at radius 3 is 2.88 bits per heavy atom. The van der Waals surface area contributed by atoms with E-state index in [0.29, 0.717) is 28.6 Å². The molecule has 2 aromatic carbocycles. The van der Waals surface area contributed by atoms with E-state index in [1.807, 2.05) is 0 Å². The van der Waals surface area contributed by atoms with Crippen LogP contribution in [0.2, 0.25) is 0 Å². The first-order valence-electron chi connectivity index (χ1n) is 7.67. The molecule has 1 aromatic heterocycles. The van der Waals surface area contributed by atoms with Crippen molar-refractivity contribution in [3.63, 3.8) is 0 Å². The third kappa shape index (κ3) is 2.52. The Morgan fingerprint density at radius 1 is 1.21 bits per heavy atom. The normalized spacial score (nSPS) is 20.7. The van der Waals surface area contributed by atoms with Gasteiger partial charge in [0, 0.05) is 12.1 Å². The van der Waals surface area contributed by atoms with Gasteiger partial charge in [0.25, 0.3) is 5.91 Å². The Kier molecular flexibility index (Phi) is 3.50. The first-order chi connectivity index (χ1) is 11.6. The Labute approximate surface area is 136 Å². The molecule has 1 aliphatic rings. The van der Waals surface area contributed by atoms with Crippen molar-refractivity contribution in [2.75, 3.05) is 6.54 Å². The summed E-state index contributed by atoms with van der Waals surface area (Å²) < 4.78 is 13.5. The minimum absolute atomic E-state index is 0.217. The van der Waals surface area contributed by atoms with Crippen molar-refractivity contribution < 1.29 is 14.3 Å². The standard InChI is InChI=1S/C17H15FN4O2/c18-12-3-1-2-10(6-12)16-8-13(23)9-22(16)17(24)11-4-5-14-15(7-11)20-21-19-14/h1-7,13,16,23H,8-9H2,(H,19,20,21)/t13-,16-/m0/s1. The zero-order valence-corrected chi connectivity index (χ0v) is 12.7. The van der Waals surface area contributed by atoms with Crippen LogP contribution in [0.3, 0.4) is 0 Å². The molecule has 0 bridgehead atoms. The smallest absolute Gasteiger partial charge is 0.254 e. The molecule has 0 radical (unpaired) electrons. The van der Waals surface area contributed by atoms with E-state index in [0.717, 1.165) is 0 Å². The summed E-state index contributed by atoms with van der Waals surface area (Å²) >= 11 is 0. The number of rotatable bonds is 2. The minimum Gasteiger partial charge on any atom is -0.391 e. The van der Waals surface area contributed by atoms with Gasteiger partial charge in [0.1, 0.15) is 16.9 Å². The molecule has 2 atom stereocenters. The zero-order valence-electron chi connectivity index (χ0n) is 12.7. The molecular weight excluding hydrogens is 311 g/mol. The number of carbonyl (C=O) groups excluding carboxylic acids is 1. The van der Waals surface area contributed by atoms with Crippen LogP contribution >= 0.6 is 0 Å². The number of nitrogens with one attached hydrogen (secondary N) is 1. The van der Waals surface area contributed by atoms with Crippen LogP contribution in [0.15, 0.2) is 42.5 Å². The molecule has 0 aliphatic carbocycles. The molecule has 122 valence electrons. The van der Waals surface area contributed by atoms with Gasteiger partial charge >= 0.3 is 0 Å². The van der Waals surface area contributed by atoms with E-state index in [9.17, 15) is 14.3 Å². The van der Waals surface area contributed by atoms with Crippen molar-refractivity contribution in [2.45, 2.75) is 18.6 Å². The number of fused-ring (bicyclic) bond motifs is 1. The van der Waals surface area contributed by atoms with E-state index in [1.54, 1.807) is 35.2 Å². The highest BCUT2D eigenvalue weighted by molar-refractivity contribution is 5.97. The van der Waals surface area contributed by atoms with Gasteiger partial charge in [0.15, 0.2) is 0 Å². The fraction of sp³-hybridized carbons (Fsp3) is 0.235. The largest absolute Gasteiger partial charge is 0.391 e. The van der Waals surface area contributed by atoms with E-state index in [4.69, 9.17) is 0 Å². The number of amides is 1. The Bertz CT molecular complexity index is 910. The highest BCUT2D eigenvalue weighted by atomic mass is 19.1. The number of likely N-dealkylation sites (tertiary alicyclic amines) is 1. The molecule has 7 heteroatoms. The van der Waals surface area contributed by atoms with Crippen LogP contribution in [-0.4, -0.2) is 44.0 Å². The van der Waals surface area contributed by atoms with Gasteiger partial charge in [-0.25, -0.2) is 4.39 Å². The molecule has 0 unspecified atom stereocenters. The number of aromatic nitrogens is 3. The lowest BCUT2D eigenvalue weighted by molar-refractivity contribution is 0.0715. The van der Waals surface area contributed by atoms with Crippen molar-refractivity contribution in [3.05, 3.63) is 59.4 Å². The monoisotopic (exact) mass is 326 g/mol. The van der Waals surface area contributed by atoms with E-state index in [1.165, 1.54) is 12.1 Å². The number of H-pyrrole nitrogens is 1. The maximum Gasteiger partial charge on any atom is 0.254 e. The van der Waals surface area contributed by atoms with Crippen molar-refractivity contribution in [1.82, 2.24) is 20.3 Å². The molecule has 24 heavy (non-hydrogen) atoms. The maximum absolute atomic E-state index is 13.5. The second kappa shape index (κ2) is 5.68. The summed E-state index contributed by atoms with van der Waals surface area (Å²) in [6.45, 7) is 0.219. The maximum atomic E-state index is 13.5. The molecule has 0 spiro atoms. The molecule has 0 saturated carbocycles. The van der Waals surface area contributed by atoms with Gasteiger partial charge < -0.3 is 10.0 Å². The van der Waals surface area contributed by atoms with Crippen LogP contribution < -0.4 is 0 Å². The number of aliphatic hydroxyl groups is 1. The molecule has 1 amide bonds. The molecule has 4 rings (SSSR count). The summed E-state index contributed by atoms with van der Waals surface area (Å²) in [4.78, 5) is 14.5. The third-order valence-electron chi connectivity index (χ3n) is 4.34. The van der Waals surface area contributed by atoms with Crippen LogP contribution in [0.25, 0.3) is 11.0 Å². The van der Waals surface area contributed by atoms with Crippen molar-refractivity contribution in [1.29, 1.82) is 0 Å². The van der Waals surface area contributed by atoms with Gasteiger partial charge in [-0.05, 0) is 42.3 Å². The summed E-state index contributed by atoms with van der Waals surface area (Å²) in [5, 5.41) is 20.5. The predicted molar refractivity (Wildman–Crippen MR) is 84.7 cm³/mol. The van der Waals surface area contributed by atoms with Crippen molar-refractivity contribution in [3.8, 4) is 0 Å². The fourth-order valence-electron chi connectivity index (χ4n) is 3.21. The highest BCUT2D eigenvalue weighted by Crippen LogP contribution is 2.33. The summed E-state index contributed by atoms with van der Waals surface area (Å²) in [7, 11) is 0. The number of halogens is 1. The van der Waals surface area contributed by atoms with E-state index in [2.05, 4.69) is 15.4 Å². The lowest BCUT2D eigenvalue weighted by Crippen LogP contribution is -2.31. The van der Waals surface area contributed by atoms with Crippen LogP contribution in [0.5, 0.6) is 0 Å². The molecule has 1 fully saturated rings. The number of nitrogens with zero attached hydrogens (tertiary/aromatic N) is 3. The molecule has 2 N–H and O–H groups in total. The van der Waals surface area contributed by atoms with Crippen LogP contribution in [0.4, 0.5) is 4.39 Å². The number of benzene rings is 2. The zero-order chi connectivity index (χ0) is 16.7. The second-order valence-corrected chi connectivity index (χ2v) is 5.94. The molecular formula is C17H15FN4O2. The van der Waals surface area contributed by atoms with Gasteiger partial charge in [-0.15, -0.1) is 0 Å². The van der Waals surface area contributed by atoms with Gasteiger partial charge in [0.2, 0.25) is 0 Å². The Morgan fingerprint density at radius 2 is 2.04 bits per heavy atom. The van der Waals surface area contributed by atoms with Gasteiger partial charge in [-0.1, -0.05) is 12.1 Å². The summed E-state index contributed by atoms with van der Waals surface area (Å²) in [5.74, 6) is -0.573. The quantitative estimate of drug-likeness (QED) is 0.755. The molecule has 3 aromatic rings. The average molecular weight is 326 g/mol. The molecule has 2 heterocycles. The number of hydrogen-bond donors (Lipinski definition) is 2. The minimum atomic E-state index is -0.627. The predicted octanol–water partition coefficient (Wildman–Crippen LogP) is 2.05. The molecule has 1 aliphatic heterocycles. The number of carbonyl (C=O) groups is 1. The van der Waals surface area contributed by atoms with Crippen LogP contribution in [0, 0.1) is 5.82 Å². The number of aliphatic hydroxyl groups excluding tert-OH is 1. The van der Waals surface area contributed by atoms with Crippen molar-refractivity contribution >= 4 is 16.9 Å². The molecule has 1 saturated heterocycles. The van der Waals surface area contributed by atoms with E-state index < -0.39 is 6.10 Å². The van der Waals surface area contributed by atoms with Gasteiger partial charge in [-0.2, -0.15) is 15.4 Å². The van der Waals surface area contributed by atoms with E-state index >= 15 is 0 Å². The average Bonchev–Trinajstić information content (AvgIpc) is 3.19.